The maximum absolute atomic E-state index is 12.0. The van der Waals surface area contributed by atoms with Gasteiger partial charge in [0.1, 0.15) is 0 Å². The van der Waals surface area contributed by atoms with Crippen LogP contribution in [0, 0.1) is 5.92 Å². The number of nitrogens with one attached hydrogen (secondary N) is 1. The summed E-state index contributed by atoms with van der Waals surface area (Å²) in [4.78, 5) is 18.6. The van der Waals surface area contributed by atoms with Crippen LogP contribution in [0.5, 0.6) is 0 Å². The van der Waals surface area contributed by atoms with Gasteiger partial charge in [-0.15, -0.1) is 12.4 Å². The fourth-order valence-electron chi connectivity index (χ4n) is 2.51. The van der Waals surface area contributed by atoms with E-state index in [1.807, 2.05) is 13.8 Å². The van der Waals surface area contributed by atoms with Crippen molar-refractivity contribution >= 4 is 18.3 Å². The van der Waals surface area contributed by atoms with Crippen LogP contribution in [0.2, 0.25) is 0 Å². The second-order valence-corrected chi connectivity index (χ2v) is 5.85. The predicted octanol–water partition coefficient (Wildman–Crippen LogP) is 0.902. The van der Waals surface area contributed by atoms with Crippen molar-refractivity contribution in [2.75, 3.05) is 26.2 Å². The lowest BCUT2D eigenvalue weighted by molar-refractivity contribution is -0.126. The summed E-state index contributed by atoms with van der Waals surface area (Å²) in [5.41, 5.74) is 5.41. The van der Waals surface area contributed by atoms with Gasteiger partial charge in [0.25, 0.3) is 0 Å². The lowest BCUT2D eigenvalue weighted by atomic mass is 9.97. The molecule has 0 spiro atoms. The van der Waals surface area contributed by atoms with E-state index in [9.17, 15) is 4.79 Å². The number of aromatic nitrogens is 2. The third-order valence-electron chi connectivity index (χ3n) is 3.68. The fraction of sp³-hybridized carbons (Fsp3) is 0.786. The summed E-state index contributed by atoms with van der Waals surface area (Å²) >= 11 is 0. The molecule has 1 saturated heterocycles. The van der Waals surface area contributed by atoms with Gasteiger partial charge in [-0.2, -0.15) is 4.98 Å². The molecule has 0 aromatic carbocycles. The highest BCUT2D eigenvalue weighted by atomic mass is 35.5. The first-order valence-corrected chi connectivity index (χ1v) is 7.62. The van der Waals surface area contributed by atoms with Crippen LogP contribution in [0.4, 0.5) is 0 Å². The number of piperidine rings is 1. The van der Waals surface area contributed by atoms with E-state index in [0.717, 1.165) is 31.8 Å². The van der Waals surface area contributed by atoms with Crippen LogP contribution in [0.25, 0.3) is 0 Å². The van der Waals surface area contributed by atoms with Gasteiger partial charge in [-0.1, -0.05) is 19.0 Å². The number of rotatable bonds is 6. The summed E-state index contributed by atoms with van der Waals surface area (Å²) in [5.74, 6) is 1.75. The average Bonchev–Trinajstić information content (AvgIpc) is 2.94. The SMILES string of the molecule is CC(C)c1noc(CN2CCCC(C(=O)NCCN)C2)n1.Cl. The van der Waals surface area contributed by atoms with Gasteiger partial charge in [0.2, 0.25) is 11.8 Å². The van der Waals surface area contributed by atoms with Gasteiger partial charge in [0.15, 0.2) is 5.82 Å². The molecule has 1 fully saturated rings. The Morgan fingerprint density at radius 1 is 1.55 bits per heavy atom. The Hall–Kier alpha value is -1.18. The minimum Gasteiger partial charge on any atom is -0.355 e. The monoisotopic (exact) mass is 331 g/mol. The van der Waals surface area contributed by atoms with Crippen molar-refractivity contribution in [3.05, 3.63) is 11.7 Å². The Morgan fingerprint density at radius 2 is 2.32 bits per heavy atom. The van der Waals surface area contributed by atoms with E-state index in [1.54, 1.807) is 0 Å². The van der Waals surface area contributed by atoms with Crippen LogP contribution in [-0.2, 0) is 11.3 Å². The van der Waals surface area contributed by atoms with E-state index < -0.39 is 0 Å². The van der Waals surface area contributed by atoms with Crippen molar-refractivity contribution in [2.45, 2.75) is 39.2 Å². The second-order valence-electron chi connectivity index (χ2n) is 5.85. The highest BCUT2D eigenvalue weighted by molar-refractivity contribution is 5.85. The van der Waals surface area contributed by atoms with Gasteiger partial charge >= 0.3 is 0 Å². The topological polar surface area (TPSA) is 97.3 Å². The van der Waals surface area contributed by atoms with Gasteiger partial charge in [-0.05, 0) is 19.4 Å². The molecule has 1 aromatic heterocycles. The van der Waals surface area contributed by atoms with Crippen molar-refractivity contribution in [2.24, 2.45) is 11.7 Å². The molecule has 1 aliphatic heterocycles. The number of amides is 1. The summed E-state index contributed by atoms with van der Waals surface area (Å²) in [6.45, 7) is 7.38. The summed E-state index contributed by atoms with van der Waals surface area (Å²) in [6, 6.07) is 0. The molecule has 8 heteroatoms. The zero-order valence-electron chi connectivity index (χ0n) is 13.2. The molecule has 2 heterocycles. The molecule has 126 valence electrons. The Morgan fingerprint density at radius 3 is 2.95 bits per heavy atom. The summed E-state index contributed by atoms with van der Waals surface area (Å²) in [6.07, 6.45) is 1.93. The lowest BCUT2D eigenvalue weighted by Crippen LogP contribution is -2.43. The lowest BCUT2D eigenvalue weighted by Gasteiger charge is -2.30. The van der Waals surface area contributed by atoms with Crippen molar-refractivity contribution in [1.82, 2.24) is 20.4 Å². The van der Waals surface area contributed by atoms with Crippen LogP contribution in [-0.4, -0.2) is 47.1 Å². The molecule has 22 heavy (non-hydrogen) atoms. The number of halogens is 1. The minimum absolute atomic E-state index is 0. The quantitative estimate of drug-likeness (QED) is 0.804. The van der Waals surface area contributed by atoms with E-state index in [4.69, 9.17) is 10.3 Å². The molecule has 2 rings (SSSR count). The fourth-order valence-corrected chi connectivity index (χ4v) is 2.51. The third kappa shape index (κ3) is 5.23. The molecule has 0 saturated carbocycles. The van der Waals surface area contributed by atoms with Gasteiger partial charge in [0.05, 0.1) is 12.5 Å². The maximum Gasteiger partial charge on any atom is 0.240 e. The van der Waals surface area contributed by atoms with Crippen LogP contribution < -0.4 is 11.1 Å². The molecule has 0 radical (unpaired) electrons. The molecule has 7 nitrogen and oxygen atoms in total. The number of nitrogens with two attached hydrogens (primary N) is 1. The summed E-state index contributed by atoms with van der Waals surface area (Å²) in [7, 11) is 0. The van der Waals surface area contributed by atoms with E-state index in [1.165, 1.54) is 0 Å². The second kappa shape index (κ2) is 9.07. The van der Waals surface area contributed by atoms with Crippen LogP contribution in [0.3, 0.4) is 0 Å². The smallest absolute Gasteiger partial charge is 0.240 e. The van der Waals surface area contributed by atoms with Gasteiger partial charge < -0.3 is 15.6 Å². The average molecular weight is 332 g/mol. The van der Waals surface area contributed by atoms with E-state index in [-0.39, 0.29) is 30.2 Å². The Bertz CT molecular complexity index is 466. The number of hydrogen-bond acceptors (Lipinski definition) is 6. The summed E-state index contributed by atoms with van der Waals surface area (Å²) < 4.78 is 5.27. The number of hydrogen-bond donors (Lipinski definition) is 2. The normalized spacial score (nSPS) is 19.0. The van der Waals surface area contributed by atoms with E-state index >= 15 is 0 Å². The predicted molar refractivity (Wildman–Crippen MR) is 85.7 cm³/mol. The number of likely N-dealkylation sites (tertiary alicyclic amines) is 1. The number of carbonyl (C=O) groups is 1. The maximum atomic E-state index is 12.0. The van der Waals surface area contributed by atoms with Gasteiger partial charge in [-0.25, -0.2) is 0 Å². The zero-order valence-corrected chi connectivity index (χ0v) is 14.1. The van der Waals surface area contributed by atoms with Crippen molar-refractivity contribution in [3.8, 4) is 0 Å². The van der Waals surface area contributed by atoms with Crippen LogP contribution >= 0.6 is 12.4 Å². The molecular weight excluding hydrogens is 306 g/mol. The number of carbonyl (C=O) groups excluding carboxylic acids is 1. The molecule has 1 unspecified atom stereocenters. The molecule has 0 bridgehead atoms. The molecule has 1 aromatic rings. The van der Waals surface area contributed by atoms with Crippen LogP contribution in [0.1, 0.15) is 44.3 Å². The first kappa shape index (κ1) is 18.9. The highest BCUT2D eigenvalue weighted by Gasteiger charge is 2.26. The van der Waals surface area contributed by atoms with Crippen molar-refractivity contribution in [3.63, 3.8) is 0 Å². The zero-order chi connectivity index (χ0) is 15.2. The molecule has 1 atom stereocenters. The van der Waals surface area contributed by atoms with Gasteiger partial charge in [0, 0.05) is 25.6 Å². The number of nitrogens with zero attached hydrogens (tertiary/aromatic N) is 3. The van der Waals surface area contributed by atoms with E-state index in [2.05, 4.69) is 20.4 Å². The Kier molecular flexibility index (Phi) is 7.78. The first-order valence-electron chi connectivity index (χ1n) is 7.62. The molecule has 0 aliphatic carbocycles. The summed E-state index contributed by atoms with van der Waals surface area (Å²) in [5, 5.41) is 6.83. The van der Waals surface area contributed by atoms with E-state index in [0.29, 0.717) is 25.5 Å². The standard InChI is InChI=1S/C14H25N5O2.ClH/c1-10(2)13-17-12(21-18-13)9-19-7-3-4-11(8-19)14(20)16-6-5-15;/h10-11H,3-9,15H2,1-2H3,(H,16,20);1H. The Balaban J connectivity index is 0.00000242. The largest absolute Gasteiger partial charge is 0.355 e. The molecule has 1 amide bonds. The van der Waals surface area contributed by atoms with Crippen LogP contribution in [0.15, 0.2) is 4.52 Å². The third-order valence-corrected chi connectivity index (χ3v) is 3.68. The highest BCUT2D eigenvalue weighted by Crippen LogP contribution is 2.19. The Labute approximate surface area is 137 Å². The van der Waals surface area contributed by atoms with Gasteiger partial charge in [-0.3, -0.25) is 9.69 Å². The van der Waals surface area contributed by atoms with Crippen molar-refractivity contribution < 1.29 is 9.32 Å². The minimum atomic E-state index is 0. The molecular formula is C14H26ClN5O2. The molecule has 1 aliphatic rings. The molecule has 3 N–H and O–H groups in total. The first-order chi connectivity index (χ1) is 10.1. The van der Waals surface area contributed by atoms with Crippen molar-refractivity contribution in [1.29, 1.82) is 0 Å².